The van der Waals surface area contributed by atoms with Gasteiger partial charge in [0, 0.05) is 12.1 Å². The van der Waals surface area contributed by atoms with Crippen molar-refractivity contribution in [3.05, 3.63) is 17.8 Å². The van der Waals surface area contributed by atoms with Crippen LogP contribution in [0.5, 0.6) is 0 Å². The first-order valence-corrected chi connectivity index (χ1v) is 6.96. The third kappa shape index (κ3) is 3.42. The number of aromatic nitrogens is 2. The summed E-state index contributed by atoms with van der Waals surface area (Å²) < 4.78 is 0. The van der Waals surface area contributed by atoms with Gasteiger partial charge in [0.05, 0.1) is 5.69 Å². The van der Waals surface area contributed by atoms with Crippen LogP contribution in [0.3, 0.4) is 0 Å². The van der Waals surface area contributed by atoms with E-state index >= 15 is 0 Å². The van der Waals surface area contributed by atoms with E-state index in [4.69, 9.17) is 0 Å². The lowest BCUT2D eigenvalue weighted by Crippen LogP contribution is -2.35. The Morgan fingerprint density at radius 2 is 1.72 bits per heavy atom. The van der Waals surface area contributed by atoms with Gasteiger partial charge in [0.25, 0.3) is 0 Å². The van der Waals surface area contributed by atoms with Gasteiger partial charge >= 0.3 is 0 Å². The van der Waals surface area contributed by atoms with Gasteiger partial charge in [0.1, 0.15) is 5.82 Å². The largest absolute Gasteiger partial charge is 0.366 e. The van der Waals surface area contributed by atoms with E-state index in [9.17, 15) is 0 Å². The molecule has 100 valence electrons. The molecule has 18 heavy (non-hydrogen) atoms. The third-order valence-electron chi connectivity index (χ3n) is 3.76. The van der Waals surface area contributed by atoms with E-state index in [0.717, 1.165) is 11.5 Å². The molecule has 0 amide bonds. The van der Waals surface area contributed by atoms with Crippen molar-refractivity contribution < 1.29 is 0 Å². The van der Waals surface area contributed by atoms with Crippen LogP contribution in [0.25, 0.3) is 0 Å². The van der Waals surface area contributed by atoms with Gasteiger partial charge in [0.15, 0.2) is 0 Å². The van der Waals surface area contributed by atoms with Gasteiger partial charge in [-0.15, -0.1) is 5.10 Å². The highest BCUT2D eigenvalue weighted by molar-refractivity contribution is 5.34. The normalized spacial score (nSPS) is 24.2. The lowest BCUT2D eigenvalue weighted by molar-refractivity contribution is 0.371. The predicted molar refractivity (Wildman–Crippen MR) is 74.8 cm³/mol. The van der Waals surface area contributed by atoms with E-state index in [2.05, 4.69) is 47.8 Å². The Bertz CT molecular complexity index is 353. The minimum Gasteiger partial charge on any atom is -0.366 e. The van der Waals surface area contributed by atoms with Gasteiger partial charge in [-0.25, -0.2) is 0 Å². The zero-order valence-corrected chi connectivity index (χ0v) is 11.6. The molecule has 4 nitrogen and oxygen atoms in total. The number of rotatable bonds is 4. The molecule has 0 atom stereocenters. The van der Waals surface area contributed by atoms with Crippen molar-refractivity contribution in [3.8, 4) is 0 Å². The van der Waals surface area contributed by atoms with Crippen LogP contribution in [0, 0.1) is 0 Å². The second-order valence-corrected chi connectivity index (χ2v) is 5.48. The average Bonchev–Trinajstić information content (AvgIpc) is 2.40. The van der Waals surface area contributed by atoms with Gasteiger partial charge in [-0.1, -0.05) is 13.8 Å². The lowest BCUT2D eigenvalue weighted by atomic mass is 9.91. The van der Waals surface area contributed by atoms with Crippen LogP contribution >= 0.6 is 0 Å². The molecule has 1 aliphatic rings. The maximum absolute atomic E-state index is 4.26. The molecule has 4 heteroatoms. The first-order valence-electron chi connectivity index (χ1n) is 6.96. The molecule has 1 fully saturated rings. The number of hydrogen-bond donors (Lipinski definition) is 2. The molecule has 0 spiro atoms. The molecule has 1 aromatic heterocycles. The minimum atomic E-state index is 0.442. The molecule has 2 rings (SSSR count). The van der Waals surface area contributed by atoms with Gasteiger partial charge in [-0.05, 0) is 50.8 Å². The molecule has 0 saturated heterocycles. The number of anilines is 1. The summed E-state index contributed by atoms with van der Waals surface area (Å²) in [5, 5.41) is 15.3. The van der Waals surface area contributed by atoms with Gasteiger partial charge in [0.2, 0.25) is 0 Å². The molecule has 0 aliphatic heterocycles. The van der Waals surface area contributed by atoms with Crippen LogP contribution in [0.2, 0.25) is 0 Å². The van der Waals surface area contributed by atoms with Gasteiger partial charge in [-0.2, -0.15) is 5.10 Å². The van der Waals surface area contributed by atoms with Crippen LogP contribution in [-0.2, 0) is 0 Å². The zero-order valence-electron chi connectivity index (χ0n) is 11.6. The van der Waals surface area contributed by atoms with Crippen molar-refractivity contribution in [1.29, 1.82) is 0 Å². The molecule has 1 heterocycles. The second kappa shape index (κ2) is 6.14. The molecule has 0 unspecified atom stereocenters. The van der Waals surface area contributed by atoms with E-state index in [-0.39, 0.29) is 0 Å². The minimum absolute atomic E-state index is 0.442. The summed E-state index contributed by atoms with van der Waals surface area (Å²) in [6.07, 6.45) is 4.90. The molecule has 1 aromatic rings. The van der Waals surface area contributed by atoms with Crippen molar-refractivity contribution in [3.63, 3.8) is 0 Å². The highest BCUT2D eigenvalue weighted by atomic mass is 15.2. The van der Waals surface area contributed by atoms with Crippen LogP contribution in [0.15, 0.2) is 12.1 Å². The summed E-state index contributed by atoms with van der Waals surface area (Å²) >= 11 is 0. The van der Waals surface area contributed by atoms with Crippen LogP contribution in [0.4, 0.5) is 5.82 Å². The van der Waals surface area contributed by atoms with Crippen molar-refractivity contribution >= 4 is 5.82 Å². The summed E-state index contributed by atoms with van der Waals surface area (Å²) in [4.78, 5) is 0. The maximum Gasteiger partial charge on any atom is 0.148 e. The third-order valence-corrected chi connectivity index (χ3v) is 3.76. The maximum atomic E-state index is 4.26. The molecular weight excluding hydrogens is 224 g/mol. The first kappa shape index (κ1) is 13.3. The standard InChI is InChI=1S/C14H24N4/c1-10(2)13-8-9-14(18-17-13)16-12-6-4-11(15-3)5-7-12/h8-12,15H,4-7H2,1-3H3,(H,16,18). The van der Waals surface area contributed by atoms with E-state index < -0.39 is 0 Å². The zero-order chi connectivity index (χ0) is 13.0. The number of hydrogen-bond acceptors (Lipinski definition) is 4. The van der Waals surface area contributed by atoms with Gasteiger partial charge < -0.3 is 10.6 Å². The molecule has 2 N–H and O–H groups in total. The molecule has 1 saturated carbocycles. The fourth-order valence-electron chi connectivity index (χ4n) is 2.46. The number of nitrogens with one attached hydrogen (secondary N) is 2. The van der Waals surface area contributed by atoms with Crippen LogP contribution < -0.4 is 10.6 Å². The Morgan fingerprint density at radius 1 is 1.06 bits per heavy atom. The summed E-state index contributed by atoms with van der Waals surface area (Å²) in [6, 6.07) is 5.36. The second-order valence-electron chi connectivity index (χ2n) is 5.48. The van der Waals surface area contributed by atoms with Crippen molar-refractivity contribution in [2.75, 3.05) is 12.4 Å². The first-order chi connectivity index (χ1) is 8.69. The SMILES string of the molecule is CNC1CCC(Nc2ccc(C(C)C)nn2)CC1. The van der Waals surface area contributed by atoms with E-state index in [1.165, 1.54) is 25.7 Å². The van der Waals surface area contributed by atoms with Crippen LogP contribution in [0.1, 0.15) is 51.1 Å². The molecule has 0 bridgehead atoms. The summed E-state index contributed by atoms with van der Waals surface area (Å²) in [7, 11) is 2.05. The summed E-state index contributed by atoms with van der Waals surface area (Å²) in [5.74, 6) is 1.35. The average molecular weight is 248 g/mol. The predicted octanol–water partition coefficient (Wildman–Crippen LogP) is 2.54. The van der Waals surface area contributed by atoms with Crippen molar-refractivity contribution in [2.45, 2.75) is 57.5 Å². The fraction of sp³-hybridized carbons (Fsp3) is 0.714. The Labute approximate surface area is 110 Å². The summed E-state index contributed by atoms with van der Waals surface area (Å²) in [5.41, 5.74) is 1.06. The quantitative estimate of drug-likeness (QED) is 0.859. The molecule has 0 aromatic carbocycles. The fourth-order valence-corrected chi connectivity index (χ4v) is 2.46. The lowest BCUT2D eigenvalue weighted by Gasteiger charge is -2.29. The molecular formula is C14H24N4. The Kier molecular flexibility index (Phi) is 4.53. The van der Waals surface area contributed by atoms with Crippen molar-refractivity contribution in [2.24, 2.45) is 0 Å². The van der Waals surface area contributed by atoms with Crippen molar-refractivity contribution in [1.82, 2.24) is 15.5 Å². The highest BCUT2D eigenvalue weighted by Gasteiger charge is 2.19. The highest BCUT2D eigenvalue weighted by Crippen LogP contribution is 2.21. The van der Waals surface area contributed by atoms with E-state index in [1.807, 2.05) is 6.07 Å². The van der Waals surface area contributed by atoms with Crippen LogP contribution in [-0.4, -0.2) is 29.3 Å². The van der Waals surface area contributed by atoms with E-state index in [0.29, 0.717) is 18.0 Å². The molecule has 0 radical (unpaired) electrons. The Balaban J connectivity index is 1.86. The smallest absolute Gasteiger partial charge is 0.148 e. The molecule has 1 aliphatic carbocycles. The Hall–Kier alpha value is -1.16. The summed E-state index contributed by atoms with van der Waals surface area (Å²) in [6.45, 7) is 4.27. The van der Waals surface area contributed by atoms with Gasteiger partial charge in [-0.3, -0.25) is 0 Å². The monoisotopic (exact) mass is 248 g/mol. The van der Waals surface area contributed by atoms with E-state index in [1.54, 1.807) is 0 Å². The number of nitrogens with zero attached hydrogens (tertiary/aromatic N) is 2. The Morgan fingerprint density at radius 3 is 2.22 bits per heavy atom. The topological polar surface area (TPSA) is 49.8 Å².